The van der Waals surface area contributed by atoms with Gasteiger partial charge in [0, 0.05) is 37.4 Å². The lowest BCUT2D eigenvalue weighted by molar-refractivity contribution is 0.0926. The number of aryl methyl sites for hydroxylation is 2. The minimum Gasteiger partial charge on any atom is -0.369 e. The van der Waals surface area contributed by atoms with E-state index in [-0.39, 0.29) is 5.78 Å². The zero-order valence-corrected chi connectivity index (χ0v) is 14.0. The smallest absolute Gasteiger partial charge is 0.176 e. The summed E-state index contributed by atoms with van der Waals surface area (Å²) in [4.78, 5) is 17.0. The second kappa shape index (κ2) is 6.97. The fourth-order valence-corrected chi connectivity index (χ4v) is 3.02. The van der Waals surface area contributed by atoms with Crippen molar-refractivity contribution in [3.63, 3.8) is 0 Å². The first-order chi connectivity index (χ1) is 11.1. The molecule has 0 spiro atoms. The molecule has 3 nitrogen and oxygen atoms in total. The van der Waals surface area contributed by atoms with Crippen molar-refractivity contribution in [2.75, 3.05) is 37.6 Å². The van der Waals surface area contributed by atoms with Crippen LogP contribution < -0.4 is 4.90 Å². The molecule has 2 aromatic carbocycles. The molecule has 3 rings (SSSR count). The number of carbonyl (C=O) groups excluding carboxylic acids is 1. The van der Waals surface area contributed by atoms with Gasteiger partial charge in [0.1, 0.15) is 0 Å². The summed E-state index contributed by atoms with van der Waals surface area (Å²) in [5.74, 6) is 0.217. The summed E-state index contributed by atoms with van der Waals surface area (Å²) in [5, 5.41) is 0. The second-order valence-electron chi connectivity index (χ2n) is 6.39. The first-order valence-corrected chi connectivity index (χ1v) is 8.26. The Hall–Kier alpha value is -2.13. The van der Waals surface area contributed by atoms with Gasteiger partial charge < -0.3 is 4.90 Å². The Balaban J connectivity index is 1.55. The van der Waals surface area contributed by atoms with Crippen LogP contribution in [0.15, 0.2) is 48.5 Å². The van der Waals surface area contributed by atoms with E-state index in [1.54, 1.807) is 0 Å². The topological polar surface area (TPSA) is 23.6 Å². The number of nitrogens with zero attached hydrogens (tertiary/aromatic N) is 2. The van der Waals surface area contributed by atoms with Crippen LogP contribution in [0.5, 0.6) is 0 Å². The third-order valence-corrected chi connectivity index (χ3v) is 4.48. The summed E-state index contributed by atoms with van der Waals surface area (Å²) in [7, 11) is 0. The van der Waals surface area contributed by atoms with Crippen LogP contribution in [0.3, 0.4) is 0 Å². The maximum Gasteiger partial charge on any atom is 0.176 e. The number of rotatable bonds is 4. The Morgan fingerprint density at radius 2 is 1.61 bits per heavy atom. The first-order valence-electron chi connectivity index (χ1n) is 8.26. The van der Waals surface area contributed by atoms with Crippen LogP contribution in [0.25, 0.3) is 0 Å². The zero-order chi connectivity index (χ0) is 16.2. The summed E-state index contributed by atoms with van der Waals surface area (Å²) in [5.41, 5.74) is 4.58. The zero-order valence-electron chi connectivity index (χ0n) is 14.0. The van der Waals surface area contributed by atoms with E-state index in [1.807, 2.05) is 31.2 Å². The van der Waals surface area contributed by atoms with E-state index in [0.717, 1.165) is 31.7 Å². The van der Waals surface area contributed by atoms with Crippen molar-refractivity contribution >= 4 is 11.5 Å². The highest BCUT2D eigenvalue weighted by molar-refractivity contribution is 5.97. The van der Waals surface area contributed by atoms with Crippen LogP contribution in [0.1, 0.15) is 21.5 Å². The molecule has 0 bridgehead atoms. The molecular weight excluding hydrogens is 284 g/mol. The first kappa shape index (κ1) is 15.8. The van der Waals surface area contributed by atoms with E-state index in [1.165, 1.54) is 16.8 Å². The summed E-state index contributed by atoms with van der Waals surface area (Å²) < 4.78 is 0. The summed E-state index contributed by atoms with van der Waals surface area (Å²) in [6, 6.07) is 16.5. The van der Waals surface area contributed by atoms with Crippen molar-refractivity contribution in [3.8, 4) is 0 Å². The quantitative estimate of drug-likeness (QED) is 0.810. The van der Waals surface area contributed by atoms with Crippen molar-refractivity contribution < 1.29 is 4.79 Å². The van der Waals surface area contributed by atoms with Crippen LogP contribution in [0, 0.1) is 13.8 Å². The summed E-state index contributed by atoms with van der Waals surface area (Å²) in [6.45, 7) is 8.51. The predicted molar refractivity (Wildman–Crippen MR) is 95.3 cm³/mol. The van der Waals surface area contributed by atoms with Crippen molar-refractivity contribution in [1.29, 1.82) is 0 Å². The van der Waals surface area contributed by atoms with E-state index in [2.05, 4.69) is 41.0 Å². The van der Waals surface area contributed by atoms with Gasteiger partial charge in [0.2, 0.25) is 0 Å². The number of anilines is 1. The minimum absolute atomic E-state index is 0.217. The van der Waals surface area contributed by atoms with Gasteiger partial charge in [0.05, 0.1) is 6.54 Å². The lowest BCUT2D eigenvalue weighted by Crippen LogP contribution is -2.48. The highest BCUT2D eigenvalue weighted by atomic mass is 16.1. The number of hydrogen-bond acceptors (Lipinski definition) is 3. The van der Waals surface area contributed by atoms with Gasteiger partial charge in [-0.1, -0.05) is 42.0 Å². The van der Waals surface area contributed by atoms with Gasteiger partial charge in [-0.3, -0.25) is 9.69 Å². The molecule has 0 aliphatic carbocycles. The summed E-state index contributed by atoms with van der Waals surface area (Å²) in [6.07, 6.45) is 0. The Morgan fingerprint density at radius 1 is 0.913 bits per heavy atom. The fraction of sp³-hybridized carbons (Fsp3) is 0.350. The Bertz CT molecular complexity index is 670. The number of benzene rings is 2. The van der Waals surface area contributed by atoms with Gasteiger partial charge in [-0.05, 0) is 31.5 Å². The molecule has 0 unspecified atom stereocenters. The highest BCUT2D eigenvalue weighted by Crippen LogP contribution is 2.18. The monoisotopic (exact) mass is 308 g/mol. The fourth-order valence-electron chi connectivity index (χ4n) is 3.02. The Kier molecular flexibility index (Phi) is 4.77. The maximum atomic E-state index is 12.4. The van der Waals surface area contributed by atoms with Crippen LogP contribution in [0.4, 0.5) is 5.69 Å². The maximum absolute atomic E-state index is 12.4. The van der Waals surface area contributed by atoms with Gasteiger partial charge in [-0.25, -0.2) is 0 Å². The average molecular weight is 308 g/mol. The van der Waals surface area contributed by atoms with E-state index in [9.17, 15) is 4.79 Å². The van der Waals surface area contributed by atoms with Crippen molar-refractivity contribution in [2.45, 2.75) is 13.8 Å². The minimum atomic E-state index is 0.217. The molecule has 0 aromatic heterocycles. The van der Waals surface area contributed by atoms with Crippen molar-refractivity contribution in [3.05, 3.63) is 65.2 Å². The van der Waals surface area contributed by atoms with Crippen molar-refractivity contribution in [1.82, 2.24) is 4.90 Å². The lowest BCUT2D eigenvalue weighted by Gasteiger charge is -2.35. The van der Waals surface area contributed by atoms with E-state index >= 15 is 0 Å². The van der Waals surface area contributed by atoms with Crippen LogP contribution in [-0.4, -0.2) is 43.4 Å². The molecule has 23 heavy (non-hydrogen) atoms. The number of hydrogen-bond donors (Lipinski definition) is 0. The molecule has 1 aliphatic heterocycles. The molecule has 0 amide bonds. The standard InChI is InChI=1S/C20H24N2O/c1-16-6-8-18(9-7-16)20(23)15-21-10-12-22(13-11-21)19-5-3-4-17(2)14-19/h3-9,14H,10-13,15H2,1-2H3. The molecule has 0 saturated carbocycles. The molecule has 1 heterocycles. The van der Waals surface area contributed by atoms with Crippen molar-refractivity contribution in [2.24, 2.45) is 0 Å². The predicted octanol–water partition coefficient (Wildman–Crippen LogP) is 3.31. The van der Waals surface area contributed by atoms with Gasteiger partial charge in [-0.2, -0.15) is 0 Å². The Morgan fingerprint density at radius 3 is 2.26 bits per heavy atom. The van der Waals surface area contributed by atoms with E-state index in [4.69, 9.17) is 0 Å². The molecule has 1 fully saturated rings. The third kappa shape index (κ3) is 3.99. The van der Waals surface area contributed by atoms with Gasteiger partial charge >= 0.3 is 0 Å². The molecular formula is C20H24N2O. The number of piperazine rings is 1. The molecule has 1 aliphatic rings. The normalized spacial score (nSPS) is 15.7. The van der Waals surface area contributed by atoms with E-state index < -0.39 is 0 Å². The molecule has 0 radical (unpaired) electrons. The molecule has 1 saturated heterocycles. The van der Waals surface area contributed by atoms with Crippen LogP contribution in [0.2, 0.25) is 0 Å². The Labute approximate surface area is 138 Å². The van der Waals surface area contributed by atoms with Crippen LogP contribution in [-0.2, 0) is 0 Å². The number of Topliss-reactive ketones (excluding diaryl/α,β-unsaturated/α-hetero) is 1. The van der Waals surface area contributed by atoms with Crippen LogP contribution >= 0.6 is 0 Å². The number of carbonyl (C=O) groups is 1. The van der Waals surface area contributed by atoms with Gasteiger partial charge in [-0.15, -0.1) is 0 Å². The molecule has 0 atom stereocenters. The second-order valence-corrected chi connectivity index (χ2v) is 6.39. The molecule has 0 N–H and O–H groups in total. The summed E-state index contributed by atoms with van der Waals surface area (Å²) >= 11 is 0. The largest absolute Gasteiger partial charge is 0.369 e. The highest BCUT2D eigenvalue weighted by Gasteiger charge is 2.19. The molecule has 3 heteroatoms. The molecule has 120 valence electrons. The lowest BCUT2D eigenvalue weighted by atomic mass is 10.1. The SMILES string of the molecule is Cc1ccc(C(=O)CN2CCN(c3cccc(C)c3)CC2)cc1. The van der Waals surface area contributed by atoms with Gasteiger partial charge in [0.25, 0.3) is 0 Å². The number of ketones is 1. The average Bonchev–Trinajstić information content (AvgIpc) is 2.56. The van der Waals surface area contributed by atoms with Gasteiger partial charge in [0.15, 0.2) is 5.78 Å². The third-order valence-electron chi connectivity index (χ3n) is 4.48. The molecule has 2 aromatic rings. The van der Waals surface area contributed by atoms with E-state index in [0.29, 0.717) is 6.54 Å².